The number of nitrogens with one attached hydrogen (secondary N) is 2. The molecule has 1 fully saturated rings. The van der Waals surface area contributed by atoms with Crippen molar-refractivity contribution in [3.63, 3.8) is 0 Å². The summed E-state index contributed by atoms with van der Waals surface area (Å²) in [6, 6.07) is 9.03. The molecule has 0 spiro atoms. The van der Waals surface area contributed by atoms with E-state index in [0.717, 1.165) is 53.9 Å². The molecule has 4 aromatic rings. The number of fused-ring (bicyclic) bond motifs is 2. The van der Waals surface area contributed by atoms with Gasteiger partial charge in [-0.25, -0.2) is 22.6 Å². The minimum absolute atomic E-state index is 0.157. The van der Waals surface area contributed by atoms with Crippen molar-refractivity contribution in [3.05, 3.63) is 53.5 Å². The molecular weight excluding hydrogens is 460 g/mol. The van der Waals surface area contributed by atoms with Gasteiger partial charge in [-0.05, 0) is 86.6 Å². The zero-order valence-electron chi connectivity index (χ0n) is 20.9. The van der Waals surface area contributed by atoms with Crippen molar-refractivity contribution in [3.8, 4) is 11.3 Å². The molecule has 0 radical (unpaired) electrons. The second kappa shape index (κ2) is 9.37. The van der Waals surface area contributed by atoms with Crippen LogP contribution in [0.1, 0.15) is 55.2 Å². The van der Waals surface area contributed by atoms with Gasteiger partial charge in [-0.15, -0.1) is 0 Å². The van der Waals surface area contributed by atoms with Crippen molar-refractivity contribution in [2.45, 2.75) is 45.4 Å². The van der Waals surface area contributed by atoms with E-state index >= 15 is 0 Å². The van der Waals surface area contributed by atoms with E-state index in [9.17, 15) is 8.42 Å². The Morgan fingerprint density at radius 3 is 2.69 bits per heavy atom. The number of piperidine rings is 1. The van der Waals surface area contributed by atoms with Gasteiger partial charge in [-0.3, -0.25) is 0 Å². The van der Waals surface area contributed by atoms with Crippen LogP contribution in [0.5, 0.6) is 0 Å². The molecule has 0 atom stereocenters. The SMILES string of the molecule is CNS(=O)(=O)CCN1CCC(c2ccc3[nH]c(-c4cc(C)c5ncnn5c4)c(C(C)C)c3c2)CC1. The van der Waals surface area contributed by atoms with Crippen LogP contribution < -0.4 is 4.72 Å². The summed E-state index contributed by atoms with van der Waals surface area (Å²) in [5.74, 6) is 1.00. The molecule has 2 N–H and O–H groups in total. The number of aromatic amines is 1. The van der Waals surface area contributed by atoms with Crippen molar-refractivity contribution in [1.29, 1.82) is 0 Å². The fraction of sp³-hybridized carbons (Fsp3) is 0.462. The number of sulfonamides is 1. The first kappa shape index (κ1) is 24.0. The van der Waals surface area contributed by atoms with Gasteiger partial charge in [-0.2, -0.15) is 5.10 Å². The minimum Gasteiger partial charge on any atom is -0.354 e. The highest BCUT2D eigenvalue weighted by molar-refractivity contribution is 7.89. The molecule has 0 bridgehead atoms. The number of hydrogen-bond acceptors (Lipinski definition) is 5. The fourth-order valence-corrected chi connectivity index (χ4v) is 6.09. The predicted octanol–water partition coefficient (Wildman–Crippen LogP) is 4.04. The number of pyridine rings is 1. The quantitative estimate of drug-likeness (QED) is 0.404. The minimum atomic E-state index is -3.16. The summed E-state index contributed by atoms with van der Waals surface area (Å²) in [6.45, 7) is 9.00. The molecule has 4 heterocycles. The fourth-order valence-electron chi connectivity index (χ4n) is 5.38. The van der Waals surface area contributed by atoms with Crippen molar-refractivity contribution >= 4 is 26.6 Å². The van der Waals surface area contributed by atoms with Crippen LogP contribution >= 0.6 is 0 Å². The third-order valence-corrected chi connectivity index (χ3v) is 8.68. The summed E-state index contributed by atoms with van der Waals surface area (Å²) in [7, 11) is -1.68. The Hall–Kier alpha value is -2.75. The van der Waals surface area contributed by atoms with Crippen molar-refractivity contribution in [1.82, 2.24) is 29.2 Å². The number of benzene rings is 1. The lowest BCUT2D eigenvalue weighted by atomic mass is 9.87. The average Bonchev–Trinajstić information content (AvgIpc) is 3.48. The zero-order chi connectivity index (χ0) is 24.7. The Morgan fingerprint density at radius 2 is 1.97 bits per heavy atom. The van der Waals surface area contributed by atoms with Crippen LogP contribution in [-0.2, 0) is 10.0 Å². The maximum Gasteiger partial charge on any atom is 0.212 e. The summed E-state index contributed by atoms with van der Waals surface area (Å²) in [6.07, 6.45) is 5.73. The van der Waals surface area contributed by atoms with Gasteiger partial charge in [0, 0.05) is 29.2 Å². The second-order valence-corrected chi connectivity index (χ2v) is 12.0. The Labute approximate surface area is 206 Å². The number of rotatable bonds is 7. The number of nitrogens with zero attached hydrogens (tertiary/aromatic N) is 4. The van der Waals surface area contributed by atoms with Gasteiger partial charge < -0.3 is 9.88 Å². The molecule has 9 heteroatoms. The summed E-state index contributed by atoms with van der Waals surface area (Å²) >= 11 is 0. The molecule has 1 aliphatic heterocycles. The smallest absolute Gasteiger partial charge is 0.212 e. The Bertz CT molecular complexity index is 1460. The van der Waals surface area contributed by atoms with Crippen LogP contribution in [-0.4, -0.2) is 65.3 Å². The summed E-state index contributed by atoms with van der Waals surface area (Å²) in [5.41, 5.74) is 8.10. The average molecular weight is 495 g/mol. The molecule has 1 saturated heterocycles. The van der Waals surface area contributed by atoms with E-state index < -0.39 is 10.0 Å². The van der Waals surface area contributed by atoms with E-state index in [4.69, 9.17) is 0 Å². The van der Waals surface area contributed by atoms with E-state index in [2.05, 4.69) is 75.9 Å². The molecule has 1 aromatic carbocycles. The zero-order valence-corrected chi connectivity index (χ0v) is 21.7. The van der Waals surface area contributed by atoms with E-state index in [0.29, 0.717) is 18.4 Å². The second-order valence-electron chi connectivity index (χ2n) is 9.95. The van der Waals surface area contributed by atoms with Crippen LogP contribution in [0.15, 0.2) is 36.8 Å². The molecular formula is C26H34N6O2S. The third kappa shape index (κ3) is 4.72. The van der Waals surface area contributed by atoms with Crippen LogP contribution in [0.3, 0.4) is 0 Å². The summed E-state index contributed by atoms with van der Waals surface area (Å²) in [5, 5.41) is 5.64. The summed E-state index contributed by atoms with van der Waals surface area (Å²) in [4.78, 5) is 10.3. The first-order valence-electron chi connectivity index (χ1n) is 12.3. The molecule has 0 unspecified atom stereocenters. The highest BCUT2D eigenvalue weighted by atomic mass is 32.2. The third-order valence-electron chi connectivity index (χ3n) is 7.33. The van der Waals surface area contributed by atoms with Gasteiger partial charge in [0.1, 0.15) is 6.33 Å². The first-order chi connectivity index (χ1) is 16.8. The van der Waals surface area contributed by atoms with Gasteiger partial charge in [0.15, 0.2) is 5.65 Å². The molecule has 1 aliphatic rings. The van der Waals surface area contributed by atoms with E-state index in [1.54, 1.807) is 6.33 Å². The van der Waals surface area contributed by atoms with E-state index in [1.807, 2.05) is 4.52 Å². The van der Waals surface area contributed by atoms with E-state index in [1.165, 1.54) is 23.6 Å². The van der Waals surface area contributed by atoms with Gasteiger partial charge in [0.25, 0.3) is 0 Å². The topological polar surface area (TPSA) is 95.4 Å². The molecule has 3 aromatic heterocycles. The van der Waals surface area contributed by atoms with Crippen molar-refractivity contribution in [2.75, 3.05) is 32.4 Å². The summed E-state index contributed by atoms with van der Waals surface area (Å²) < 4.78 is 27.8. The number of likely N-dealkylation sites (tertiary alicyclic amines) is 1. The Balaban J connectivity index is 1.42. The molecule has 0 saturated carbocycles. The Kier molecular flexibility index (Phi) is 6.41. The number of aromatic nitrogens is 4. The standard InChI is InChI=1S/C26H34N6O2S/c1-17(2)24-22-14-20(19-7-9-31(10-8-19)11-12-35(33,34)27-4)5-6-23(22)30-25(24)21-13-18(3)26-28-16-29-32(26)15-21/h5-6,13-17,19,27,30H,7-12H2,1-4H3. The maximum atomic E-state index is 11.8. The number of hydrogen-bond donors (Lipinski definition) is 2. The van der Waals surface area contributed by atoms with Crippen LogP contribution in [0.2, 0.25) is 0 Å². The molecule has 35 heavy (non-hydrogen) atoms. The number of H-pyrrole nitrogens is 1. The van der Waals surface area contributed by atoms with Gasteiger partial charge in [0.05, 0.1) is 11.4 Å². The highest BCUT2D eigenvalue weighted by Crippen LogP contribution is 2.38. The molecule has 8 nitrogen and oxygen atoms in total. The lowest BCUT2D eigenvalue weighted by Gasteiger charge is -2.32. The van der Waals surface area contributed by atoms with Crippen molar-refractivity contribution in [2.24, 2.45) is 0 Å². The van der Waals surface area contributed by atoms with Crippen LogP contribution in [0, 0.1) is 6.92 Å². The first-order valence-corrected chi connectivity index (χ1v) is 14.0. The predicted molar refractivity (Wildman–Crippen MR) is 140 cm³/mol. The molecule has 0 aliphatic carbocycles. The van der Waals surface area contributed by atoms with Crippen LogP contribution in [0.4, 0.5) is 0 Å². The Morgan fingerprint density at radius 1 is 1.20 bits per heavy atom. The van der Waals surface area contributed by atoms with Gasteiger partial charge in [0.2, 0.25) is 10.0 Å². The lowest BCUT2D eigenvalue weighted by molar-refractivity contribution is 0.223. The van der Waals surface area contributed by atoms with Crippen LogP contribution in [0.25, 0.3) is 27.8 Å². The van der Waals surface area contributed by atoms with Gasteiger partial charge in [-0.1, -0.05) is 19.9 Å². The number of aryl methyl sites for hydroxylation is 1. The molecule has 0 amide bonds. The van der Waals surface area contributed by atoms with Gasteiger partial charge >= 0.3 is 0 Å². The largest absolute Gasteiger partial charge is 0.354 e. The van der Waals surface area contributed by atoms with Crippen molar-refractivity contribution < 1.29 is 8.42 Å². The highest BCUT2D eigenvalue weighted by Gasteiger charge is 2.24. The molecule has 5 rings (SSSR count). The lowest BCUT2D eigenvalue weighted by Crippen LogP contribution is -2.38. The monoisotopic (exact) mass is 494 g/mol. The van der Waals surface area contributed by atoms with E-state index in [-0.39, 0.29) is 5.75 Å². The maximum absolute atomic E-state index is 11.8. The normalized spacial score (nSPS) is 16.1. The molecule has 186 valence electrons.